The molecule has 1 unspecified atom stereocenters. The first-order chi connectivity index (χ1) is 13.2. The molecule has 1 fully saturated rings. The van der Waals surface area contributed by atoms with Crippen molar-refractivity contribution in [3.05, 3.63) is 59.7 Å². The number of carbonyl (C=O) groups is 1. The van der Waals surface area contributed by atoms with Crippen molar-refractivity contribution in [2.24, 2.45) is 0 Å². The Hall–Kier alpha value is -1.98. The van der Waals surface area contributed by atoms with E-state index < -0.39 is 0 Å². The van der Waals surface area contributed by atoms with E-state index in [9.17, 15) is 4.79 Å². The van der Waals surface area contributed by atoms with E-state index in [1.54, 1.807) is 18.9 Å². The summed E-state index contributed by atoms with van der Waals surface area (Å²) in [4.78, 5) is 16.0. The molecule has 27 heavy (non-hydrogen) atoms. The summed E-state index contributed by atoms with van der Waals surface area (Å²) in [5, 5.41) is 0. The second kappa shape index (κ2) is 9.81. The van der Waals surface area contributed by atoms with Crippen molar-refractivity contribution in [1.82, 2.24) is 4.90 Å². The Morgan fingerprint density at radius 1 is 1.22 bits per heavy atom. The van der Waals surface area contributed by atoms with Crippen LogP contribution in [-0.4, -0.2) is 42.9 Å². The summed E-state index contributed by atoms with van der Waals surface area (Å²) in [6.07, 6.45) is 2.22. The van der Waals surface area contributed by atoms with E-state index in [1.807, 2.05) is 29.2 Å². The molecule has 1 amide bonds. The van der Waals surface area contributed by atoms with Crippen LogP contribution in [0.1, 0.15) is 24.0 Å². The third kappa shape index (κ3) is 5.75. The number of ether oxygens (including phenoxy) is 2. The fourth-order valence-electron chi connectivity index (χ4n) is 3.20. The van der Waals surface area contributed by atoms with Crippen LogP contribution in [0.2, 0.25) is 0 Å². The minimum atomic E-state index is 0.127. The number of hydrogen-bond acceptors (Lipinski definition) is 4. The van der Waals surface area contributed by atoms with Crippen LogP contribution in [0, 0.1) is 6.92 Å². The number of aryl methyl sites for hydroxylation is 1. The summed E-state index contributed by atoms with van der Waals surface area (Å²) >= 11 is 1.58. The molecule has 0 aliphatic carbocycles. The average molecular weight is 386 g/mol. The van der Waals surface area contributed by atoms with E-state index in [1.165, 1.54) is 5.56 Å². The van der Waals surface area contributed by atoms with Gasteiger partial charge in [-0.2, -0.15) is 0 Å². The smallest absolute Gasteiger partial charge is 0.233 e. The Morgan fingerprint density at radius 2 is 2.00 bits per heavy atom. The van der Waals surface area contributed by atoms with E-state index in [4.69, 9.17) is 9.47 Å². The number of thioether (sulfide) groups is 1. The first-order valence-corrected chi connectivity index (χ1v) is 10.3. The van der Waals surface area contributed by atoms with Crippen molar-refractivity contribution in [3.63, 3.8) is 0 Å². The van der Waals surface area contributed by atoms with Gasteiger partial charge in [0.1, 0.15) is 5.75 Å². The number of carbonyl (C=O) groups excluding carboxylic acids is 1. The van der Waals surface area contributed by atoms with Crippen LogP contribution < -0.4 is 4.74 Å². The van der Waals surface area contributed by atoms with Gasteiger partial charge in [-0.05, 0) is 38.0 Å². The van der Waals surface area contributed by atoms with Crippen molar-refractivity contribution >= 4 is 17.7 Å². The molecule has 2 aromatic rings. The van der Waals surface area contributed by atoms with Crippen molar-refractivity contribution in [2.45, 2.75) is 37.3 Å². The van der Waals surface area contributed by atoms with Crippen LogP contribution in [0.3, 0.4) is 0 Å². The van der Waals surface area contributed by atoms with Crippen LogP contribution >= 0.6 is 11.8 Å². The van der Waals surface area contributed by atoms with Crippen LogP contribution in [-0.2, 0) is 16.1 Å². The third-order valence-electron chi connectivity index (χ3n) is 4.74. The predicted octanol–water partition coefficient (Wildman–Crippen LogP) is 4.30. The van der Waals surface area contributed by atoms with E-state index in [0.717, 1.165) is 35.7 Å². The minimum absolute atomic E-state index is 0.127. The molecule has 0 N–H and O–H groups in total. The van der Waals surface area contributed by atoms with Crippen LogP contribution in [0.25, 0.3) is 0 Å². The number of para-hydroxylation sites is 1. The molecule has 0 spiro atoms. The number of nitrogens with zero attached hydrogens (tertiary/aromatic N) is 1. The number of methoxy groups -OCH3 is 1. The lowest BCUT2D eigenvalue weighted by Gasteiger charge is -2.26. The highest BCUT2D eigenvalue weighted by atomic mass is 32.2. The molecular formula is C22H27NO3S. The standard InChI is InChI=1S/C22H27NO3S/c1-17-9-11-20(12-10-17)27-16-22(24)23(15-19-7-5-13-26-19)14-18-6-3-4-8-21(18)25-2/h3-4,6,8-12,19H,5,7,13-16H2,1-2H3. The summed E-state index contributed by atoms with van der Waals surface area (Å²) in [6, 6.07) is 16.2. The van der Waals surface area contributed by atoms with Crippen molar-refractivity contribution < 1.29 is 14.3 Å². The zero-order valence-electron chi connectivity index (χ0n) is 16.0. The van der Waals surface area contributed by atoms with Gasteiger partial charge in [-0.1, -0.05) is 35.9 Å². The zero-order chi connectivity index (χ0) is 19.1. The average Bonchev–Trinajstić information content (AvgIpc) is 3.20. The predicted molar refractivity (Wildman–Crippen MR) is 109 cm³/mol. The number of amides is 1. The van der Waals surface area contributed by atoms with Crippen molar-refractivity contribution in [2.75, 3.05) is 26.0 Å². The molecule has 2 aromatic carbocycles. The highest BCUT2D eigenvalue weighted by Crippen LogP contribution is 2.23. The normalized spacial score (nSPS) is 16.3. The van der Waals surface area contributed by atoms with E-state index in [2.05, 4.69) is 31.2 Å². The van der Waals surface area contributed by atoms with Crippen LogP contribution in [0.15, 0.2) is 53.4 Å². The fraction of sp³-hybridized carbons (Fsp3) is 0.409. The summed E-state index contributed by atoms with van der Waals surface area (Å²) in [6.45, 7) is 4.03. The van der Waals surface area contributed by atoms with Crippen LogP contribution in [0.5, 0.6) is 5.75 Å². The largest absolute Gasteiger partial charge is 0.496 e. The zero-order valence-corrected chi connectivity index (χ0v) is 16.8. The highest BCUT2D eigenvalue weighted by molar-refractivity contribution is 8.00. The Bertz CT molecular complexity index is 741. The molecule has 0 radical (unpaired) electrons. The lowest BCUT2D eigenvalue weighted by Crippen LogP contribution is -2.38. The Balaban J connectivity index is 1.67. The quantitative estimate of drug-likeness (QED) is 0.635. The number of hydrogen-bond donors (Lipinski definition) is 0. The van der Waals surface area contributed by atoms with Gasteiger partial charge in [-0.15, -0.1) is 11.8 Å². The molecule has 1 atom stereocenters. The van der Waals surface area contributed by atoms with Gasteiger partial charge in [-0.3, -0.25) is 4.79 Å². The van der Waals surface area contributed by atoms with Gasteiger partial charge in [0, 0.05) is 30.2 Å². The van der Waals surface area contributed by atoms with Gasteiger partial charge in [0.05, 0.1) is 19.0 Å². The molecule has 0 saturated carbocycles. The first-order valence-electron chi connectivity index (χ1n) is 9.36. The fourth-order valence-corrected chi connectivity index (χ4v) is 4.00. The molecule has 4 nitrogen and oxygen atoms in total. The molecule has 0 aromatic heterocycles. The molecule has 5 heteroatoms. The Morgan fingerprint density at radius 3 is 2.70 bits per heavy atom. The summed E-state index contributed by atoms with van der Waals surface area (Å²) < 4.78 is 11.2. The van der Waals surface area contributed by atoms with Gasteiger partial charge in [0.15, 0.2) is 0 Å². The first kappa shape index (κ1) is 19.8. The number of rotatable bonds is 8. The third-order valence-corrected chi connectivity index (χ3v) is 5.73. The van der Waals surface area contributed by atoms with Crippen LogP contribution in [0.4, 0.5) is 0 Å². The highest BCUT2D eigenvalue weighted by Gasteiger charge is 2.23. The molecule has 144 valence electrons. The lowest BCUT2D eigenvalue weighted by atomic mass is 10.1. The molecular weight excluding hydrogens is 358 g/mol. The molecule has 0 bridgehead atoms. The SMILES string of the molecule is COc1ccccc1CN(CC1CCCO1)C(=O)CSc1ccc(C)cc1. The maximum Gasteiger partial charge on any atom is 0.233 e. The summed E-state index contributed by atoms with van der Waals surface area (Å²) in [7, 11) is 1.66. The molecule has 1 aliphatic rings. The van der Waals surface area contributed by atoms with Gasteiger partial charge in [-0.25, -0.2) is 0 Å². The maximum absolute atomic E-state index is 13.0. The second-order valence-electron chi connectivity index (χ2n) is 6.82. The molecule has 1 aliphatic heterocycles. The van der Waals surface area contributed by atoms with Gasteiger partial charge in [0.2, 0.25) is 5.91 Å². The monoisotopic (exact) mass is 385 g/mol. The Labute approximate surface area is 165 Å². The van der Waals surface area contributed by atoms with E-state index in [-0.39, 0.29) is 12.0 Å². The lowest BCUT2D eigenvalue weighted by molar-refractivity contribution is -0.130. The van der Waals surface area contributed by atoms with Gasteiger partial charge >= 0.3 is 0 Å². The minimum Gasteiger partial charge on any atom is -0.496 e. The summed E-state index contributed by atoms with van der Waals surface area (Å²) in [5.74, 6) is 1.36. The summed E-state index contributed by atoms with van der Waals surface area (Å²) in [5.41, 5.74) is 2.24. The van der Waals surface area contributed by atoms with Gasteiger partial charge in [0.25, 0.3) is 0 Å². The maximum atomic E-state index is 13.0. The topological polar surface area (TPSA) is 38.8 Å². The molecule has 1 heterocycles. The van der Waals surface area contributed by atoms with E-state index >= 15 is 0 Å². The molecule has 3 rings (SSSR count). The number of benzene rings is 2. The Kier molecular flexibility index (Phi) is 7.18. The second-order valence-corrected chi connectivity index (χ2v) is 7.87. The van der Waals surface area contributed by atoms with Crippen molar-refractivity contribution in [1.29, 1.82) is 0 Å². The van der Waals surface area contributed by atoms with Gasteiger partial charge < -0.3 is 14.4 Å². The molecule has 1 saturated heterocycles. The van der Waals surface area contributed by atoms with Crippen molar-refractivity contribution in [3.8, 4) is 5.75 Å². The van der Waals surface area contributed by atoms with E-state index in [0.29, 0.717) is 18.8 Å².